The molecule has 0 radical (unpaired) electrons. The number of aliphatic hydroxyl groups excluding tert-OH is 3. The van der Waals surface area contributed by atoms with Crippen molar-refractivity contribution in [3.8, 4) is 5.75 Å². The Balaban J connectivity index is 1.08. The predicted molar refractivity (Wildman–Crippen MR) is 155 cm³/mol. The normalized spacial score (nSPS) is 23.6. The molecule has 0 spiro atoms. The summed E-state index contributed by atoms with van der Waals surface area (Å²) >= 11 is 0. The van der Waals surface area contributed by atoms with Crippen LogP contribution in [0.15, 0.2) is 52.9 Å². The van der Waals surface area contributed by atoms with E-state index in [1.807, 2.05) is 48.5 Å². The van der Waals surface area contributed by atoms with E-state index in [0.29, 0.717) is 36.0 Å². The number of primary amides is 1. The van der Waals surface area contributed by atoms with E-state index in [9.17, 15) is 20.1 Å². The zero-order valence-corrected chi connectivity index (χ0v) is 23.3. The topological polar surface area (TPSA) is 168 Å². The number of anilines is 1. The summed E-state index contributed by atoms with van der Waals surface area (Å²) in [6, 6.07) is 15.2. The molecular formula is C30H37N5O7. The number of imidazole rings is 1. The third-order valence-electron chi connectivity index (χ3n) is 8.21. The molecule has 12 heteroatoms. The van der Waals surface area contributed by atoms with Gasteiger partial charge in [0, 0.05) is 23.9 Å². The number of aromatic nitrogens is 2. The number of para-hydroxylation sites is 2. The van der Waals surface area contributed by atoms with Crippen LogP contribution in [0.2, 0.25) is 0 Å². The average molecular weight is 580 g/mol. The molecule has 2 saturated heterocycles. The minimum absolute atomic E-state index is 0.00173. The molecule has 0 bridgehead atoms. The highest BCUT2D eigenvalue weighted by Gasteiger charge is 2.44. The Hall–Kier alpha value is -3.68. The van der Waals surface area contributed by atoms with Crippen LogP contribution in [0.3, 0.4) is 0 Å². The van der Waals surface area contributed by atoms with E-state index in [0.717, 1.165) is 55.5 Å². The lowest BCUT2D eigenvalue weighted by atomic mass is 9.96. The predicted octanol–water partition coefficient (Wildman–Crippen LogP) is 1.97. The monoisotopic (exact) mass is 579 g/mol. The fourth-order valence-corrected chi connectivity index (χ4v) is 5.85. The number of carbonyl (C=O) groups is 1. The molecule has 2 aliphatic rings. The Morgan fingerprint density at radius 1 is 1.12 bits per heavy atom. The van der Waals surface area contributed by atoms with Gasteiger partial charge in [-0.3, -0.25) is 9.36 Å². The van der Waals surface area contributed by atoms with Crippen molar-refractivity contribution in [1.82, 2.24) is 14.5 Å². The first-order valence-corrected chi connectivity index (χ1v) is 14.4. The highest BCUT2D eigenvalue weighted by atomic mass is 16.6. The van der Waals surface area contributed by atoms with Gasteiger partial charge in [-0.1, -0.05) is 12.1 Å². The standard InChI is InChI=1S/C30H37N5O7/c31-28(39)18-8-11-34(12-9-18)10-3-13-40-20-7-6-19-14-21(41-24(19)15-20)16-32-30-33-22-4-1-2-5-23(22)35(30)29-27(38)26(37)25(17-36)42-29/h1-2,4-7,14-15,18,25-27,29,36-38H,3,8-13,16-17H2,(H2,31,39)(H,32,33)/t25-,26-,27-,29-/m1/s1. The molecule has 2 aromatic carbocycles. The molecule has 12 nitrogen and oxygen atoms in total. The molecule has 4 atom stereocenters. The van der Waals surface area contributed by atoms with Gasteiger partial charge in [0.05, 0.1) is 30.8 Å². The molecule has 0 aliphatic carbocycles. The van der Waals surface area contributed by atoms with Crippen LogP contribution in [0.1, 0.15) is 31.3 Å². The number of nitrogens with two attached hydrogens (primary N) is 1. The van der Waals surface area contributed by atoms with Crippen molar-refractivity contribution in [3.05, 3.63) is 54.3 Å². The van der Waals surface area contributed by atoms with E-state index in [1.165, 1.54) is 0 Å². The summed E-state index contributed by atoms with van der Waals surface area (Å²) in [7, 11) is 0. The summed E-state index contributed by atoms with van der Waals surface area (Å²) in [5.41, 5.74) is 7.54. The number of benzene rings is 2. The first-order valence-electron chi connectivity index (χ1n) is 14.4. The van der Waals surface area contributed by atoms with E-state index in [4.69, 9.17) is 19.6 Å². The minimum Gasteiger partial charge on any atom is -0.493 e. The van der Waals surface area contributed by atoms with Crippen LogP contribution in [-0.4, -0.2) is 86.8 Å². The number of nitrogens with one attached hydrogen (secondary N) is 1. The Labute approximate surface area is 242 Å². The number of ether oxygens (including phenoxy) is 2. The van der Waals surface area contributed by atoms with Crippen LogP contribution in [0, 0.1) is 5.92 Å². The van der Waals surface area contributed by atoms with Crippen molar-refractivity contribution in [2.24, 2.45) is 11.7 Å². The molecule has 6 N–H and O–H groups in total. The summed E-state index contributed by atoms with van der Waals surface area (Å²) in [6.45, 7) is 3.17. The summed E-state index contributed by atoms with van der Waals surface area (Å²) < 4.78 is 19.6. The molecule has 4 aromatic rings. The van der Waals surface area contributed by atoms with Crippen LogP contribution < -0.4 is 15.8 Å². The van der Waals surface area contributed by atoms with Gasteiger partial charge in [0.15, 0.2) is 6.23 Å². The molecule has 2 aromatic heterocycles. The first-order chi connectivity index (χ1) is 20.4. The van der Waals surface area contributed by atoms with Crippen molar-refractivity contribution in [3.63, 3.8) is 0 Å². The maximum Gasteiger partial charge on any atom is 0.220 e. The summed E-state index contributed by atoms with van der Waals surface area (Å²) in [5.74, 6) is 1.66. The molecular weight excluding hydrogens is 542 g/mol. The molecule has 2 fully saturated rings. The first kappa shape index (κ1) is 28.4. The number of hydrogen-bond donors (Lipinski definition) is 5. The third-order valence-corrected chi connectivity index (χ3v) is 8.21. The number of hydrogen-bond acceptors (Lipinski definition) is 10. The summed E-state index contributed by atoms with van der Waals surface area (Å²) in [4.78, 5) is 18.4. The smallest absolute Gasteiger partial charge is 0.220 e. The van der Waals surface area contributed by atoms with Crippen molar-refractivity contribution < 1.29 is 34.0 Å². The van der Waals surface area contributed by atoms with Gasteiger partial charge in [-0.25, -0.2) is 4.98 Å². The molecule has 2 aliphatic heterocycles. The highest BCUT2D eigenvalue weighted by molar-refractivity contribution is 5.80. The van der Waals surface area contributed by atoms with Gasteiger partial charge in [0.2, 0.25) is 11.9 Å². The number of amides is 1. The molecule has 0 unspecified atom stereocenters. The molecule has 42 heavy (non-hydrogen) atoms. The lowest BCUT2D eigenvalue weighted by Crippen LogP contribution is -2.39. The molecule has 4 heterocycles. The van der Waals surface area contributed by atoms with Gasteiger partial charge < -0.3 is 45.2 Å². The fourth-order valence-electron chi connectivity index (χ4n) is 5.85. The number of fused-ring (bicyclic) bond motifs is 2. The van der Waals surface area contributed by atoms with Gasteiger partial charge in [-0.05, 0) is 62.7 Å². The van der Waals surface area contributed by atoms with Crippen LogP contribution in [-0.2, 0) is 16.1 Å². The maximum atomic E-state index is 11.4. The Morgan fingerprint density at radius 3 is 2.69 bits per heavy atom. The summed E-state index contributed by atoms with van der Waals surface area (Å²) in [6.07, 6.45) is -1.76. The van der Waals surface area contributed by atoms with Gasteiger partial charge in [-0.15, -0.1) is 0 Å². The number of nitrogens with zero attached hydrogens (tertiary/aromatic N) is 3. The third kappa shape index (κ3) is 5.81. The van der Waals surface area contributed by atoms with E-state index in [1.54, 1.807) is 4.57 Å². The molecule has 1 amide bonds. The lowest BCUT2D eigenvalue weighted by molar-refractivity contribution is -0.123. The number of carbonyl (C=O) groups excluding carboxylic acids is 1. The number of piperidine rings is 1. The zero-order valence-electron chi connectivity index (χ0n) is 23.3. The molecule has 6 rings (SSSR count). The van der Waals surface area contributed by atoms with E-state index in [2.05, 4.69) is 15.2 Å². The van der Waals surface area contributed by atoms with Crippen molar-refractivity contribution in [2.75, 3.05) is 38.2 Å². The van der Waals surface area contributed by atoms with Crippen LogP contribution in [0.4, 0.5) is 5.95 Å². The van der Waals surface area contributed by atoms with Crippen molar-refractivity contribution in [2.45, 2.75) is 50.3 Å². The van der Waals surface area contributed by atoms with Crippen LogP contribution in [0.25, 0.3) is 22.0 Å². The number of rotatable bonds is 11. The van der Waals surface area contributed by atoms with Gasteiger partial charge in [0.25, 0.3) is 0 Å². The lowest BCUT2D eigenvalue weighted by Gasteiger charge is -2.30. The number of likely N-dealkylation sites (tertiary alicyclic amines) is 1. The Bertz CT molecular complexity index is 1530. The second kappa shape index (κ2) is 12.3. The minimum atomic E-state index is -1.24. The van der Waals surface area contributed by atoms with E-state index < -0.39 is 31.1 Å². The quantitative estimate of drug-likeness (QED) is 0.166. The summed E-state index contributed by atoms with van der Waals surface area (Å²) in [5, 5.41) is 34.8. The second-order valence-corrected chi connectivity index (χ2v) is 11.0. The van der Waals surface area contributed by atoms with E-state index in [-0.39, 0.29) is 11.8 Å². The van der Waals surface area contributed by atoms with Crippen LogP contribution in [0.5, 0.6) is 5.75 Å². The van der Waals surface area contributed by atoms with E-state index >= 15 is 0 Å². The fraction of sp³-hybridized carbons (Fsp3) is 0.467. The van der Waals surface area contributed by atoms with Gasteiger partial charge >= 0.3 is 0 Å². The van der Waals surface area contributed by atoms with Crippen molar-refractivity contribution in [1.29, 1.82) is 0 Å². The second-order valence-electron chi connectivity index (χ2n) is 11.0. The zero-order chi connectivity index (χ0) is 29.2. The SMILES string of the molecule is NC(=O)C1CCN(CCCOc2ccc3cc(CNc4nc5ccccc5n4[C@@H]4O[C@H](CO)[C@@H](O)[C@H]4O)oc3c2)CC1. The number of aliphatic hydroxyl groups is 3. The van der Waals surface area contributed by atoms with Gasteiger partial charge in [-0.2, -0.15) is 0 Å². The number of furan rings is 1. The van der Waals surface area contributed by atoms with Crippen molar-refractivity contribution >= 4 is 33.9 Å². The molecule has 0 saturated carbocycles. The maximum absolute atomic E-state index is 11.4. The Kier molecular flexibility index (Phi) is 8.31. The Morgan fingerprint density at radius 2 is 1.93 bits per heavy atom. The average Bonchev–Trinajstić information content (AvgIpc) is 3.66. The largest absolute Gasteiger partial charge is 0.493 e. The van der Waals surface area contributed by atoms with Gasteiger partial charge in [0.1, 0.15) is 35.4 Å². The molecule has 224 valence electrons. The highest BCUT2D eigenvalue weighted by Crippen LogP contribution is 2.35. The van der Waals surface area contributed by atoms with Crippen LogP contribution >= 0.6 is 0 Å².